The summed E-state index contributed by atoms with van der Waals surface area (Å²) >= 11 is 0. The number of rotatable bonds is 10. The first-order valence-electron chi connectivity index (χ1n) is 9.50. The minimum absolute atomic E-state index is 0.248. The lowest BCUT2D eigenvalue weighted by atomic mass is 10.1. The molecule has 0 aromatic heterocycles. The number of amides is 2. The Hall–Kier alpha value is -4.47. The van der Waals surface area contributed by atoms with Gasteiger partial charge in [0.1, 0.15) is 23.0 Å². The van der Waals surface area contributed by atoms with E-state index in [2.05, 4.69) is 10.6 Å². The Kier molecular flexibility index (Phi) is 8.86. The Labute approximate surface area is 190 Å². The van der Waals surface area contributed by atoms with Gasteiger partial charge in [0.25, 0.3) is 0 Å². The highest BCUT2D eigenvalue weighted by Crippen LogP contribution is 2.35. The van der Waals surface area contributed by atoms with Gasteiger partial charge in [0, 0.05) is 36.0 Å². The molecule has 0 aliphatic rings. The third kappa shape index (κ3) is 7.03. The quantitative estimate of drug-likeness (QED) is 0.465. The molecule has 0 unspecified atom stereocenters. The molecular weight excluding hydrogens is 432 g/mol. The maximum atomic E-state index is 12.5. The Bertz CT molecular complexity index is 1070. The summed E-state index contributed by atoms with van der Waals surface area (Å²) in [5.41, 5.74) is 1.17. The summed E-state index contributed by atoms with van der Waals surface area (Å²) in [6.07, 6.45) is 4.41. The topological polar surface area (TPSA) is 132 Å². The fourth-order valence-electron chi connectivity index (χ4n) is 2.74. The number of carbonyl (C=O) groups excluding carboxylic acids is 2. The summed E-state index contributed by atoms with van der Waals surface area (Å²) in [6.45, 7) is 0. The van der Waals surface area contributed by atoms with Gasteiger partial charge in [0.15, 0.2) is 0 Å². The van der Waals surface area contributed by atoms with Crippen LogP contribution in [0.1, 0.15) is 5.56 Å². The van der Waals surface area contributed by atoms with E-state index in [0.29, 0.717) is 40.3 Å². The molecule has 0 aliphatic carbocycles. The molecule has 3 N–H and O–H groups in total. The molecule has 2 amide bonds. The van der Waals surface area contributed by atoms with Gasteiger partial charge >= 0.3 is 5.97 Å². The Morgan fingerprint density at radius 2 is 1.36 bits per heavy atom. The SMILES string of the molecule is COc1cc(OC)c(C=CC(=O)Nc2ccc(OC)c(NC(=O)C=CC(=O)O)c2)c(OC)c1. The van der Waals surface area contributed by atoms with E-state index in [1.807, 2.05) is 0 Å². The number of hydrogen-bond acceptors (Lipinski definition) is 7. The smallest absolute Gasteiger partial charge is 0.328 e. The lowest BCUT2D eigenvalue weighted by Gasteiger charge is -2.13. The standard InChI is InChI=1S/C23H24N2O8/c1-30-15-12-19(32-3)16(20(13-15)33-4)6-8-21(26)24-14-5-7-18(31-2)17(11-14)25-22(27)9-10-23(28)29/h5-13H,1-4H3,(H,24,26)(H,25,27)(H,28,29). The van der Waals surface area contributed by atoms with Gasteiger partial charge in [0.2, 0.25) is 11.8 Å². The van der Waals surface area contributed by atoms with Crippen molar-refractivity contribution < 1.29 is 38.4 Å². The molecule has 0 aliphatic heterocycles. The van der Waals surface area contributed by atoms with Crippen molar-refractivity contribution >= 4 is 35.2 Å². The van der Waals surface area contributed by atoms with Crippen LogP contribution in [0.3, 0.4) is 0 Å². The van der Waals surface area contributed by atoms with Crippen LogP contribution in [-0.4, -0.2) is 51.3 Å². The van der Waals surface area contributed by atoms with Gasteiger partial charge in [-0.3, -0.25) is 9.59 Å². The zero-order valence-electron chi connectivity index (χ0n) is 18.5. The fraction of sp³-hybridized carbons (Fsp3) is 0.174. The van der Waals surface area contributed by atoms with Crippen LogP contribution >= 0.6 is 0 Å². The first-order chi connectivity index (χ1) is 15.8. The first kappa shape index (κ1) is 24.8. The van der Waals surface area contributed by atoms with Gasteiger partial charge < -0.3 is 34.7 Å². The van der Waals surface area contributed by atoms with Crippen molar-refractivity contribution in [3.05, 3.63) is 54.1 Å². The Morgan fingerprint density at radius 1 is 0.758 bits per heavy atom. The van der Waals surface area contributed by atoms with Crippen molar-refractivity contribution in [3.8, 4) is 23.0 Å². The van der Waals surface area contributed by atoms with E-state index < -0.39 is 17.8 Å². The number of aliphatic carboxylic acids is 1. The molecule has 0 heterocycles. The van der Waals surface area contributed by atoms with E-state index >= 15 is 0 Å². The van der Waals surface area contributed by atoms with Crippen LogP contribution in [0.2, 0.25) is 0 Å². The summed E-state index contributed by atoms with van der Waals surface area (Å²) in [4.78, 5) is 34.9. The molecular formula is C23H24N2O8. The number of carbonyl (C=O) groups is 3. The van der Waals surface area contributed by atoms with Gasteiger partial charge in [-0.25, -0.2) is 4.79 Å². The van der Waals surface area contributed by atoms with E-state index in [0.717, 1.165) is 6.08 Å². The van der Waals surface area contributed by atoms with Crippen molar-refractivity contribution in [2.45, 2.75) is 0 Å². The number of methoxy groups -OCH3 is 4. The van der Waals surface area contributed by atoms with Gasteiger partial charge in [-0.05, 0) is 24.3 Å². The molecule has 2 aromatic rings. The first-order valence-corrected chi connectivity index (χ1v) is 9.50. The zero-order valence-corrected chi connectivity index (χ0v) is 18.5. The number of anilines is 2. The number of benzene rings is 2. The molecule has 10 nitrogen and oxygen atoms in total. The minimum atomic E-state index is -1.25. The van der Waals surface area contributed by atoms with Gasteiger partial charge in [0.05, 0.1) is 39.7 Å². The zero-order chi connectivity index (χ0) is 24.4. The van der Waals surface area contributed by atoms with E-state index in [1.165, 1.54) is 46.7 Å². The lowest BCUT2D eigenvalue weighted by Crippen LogP contribution is -2.12. The molecule has 0 saturated heterocycles. The fourth-order valence-corrected chi connectivity index (χ4v) is 2.74. The maximum Gasteiger partial charge on any atom is 0.328 e. The summed E-state index contributed by atoms with van der Waals surface area (Å²) in [5.74, 6) is -0.598. The van der Waals surface area contributed by atoms with Crippen LogP contribution in [0.15, 0.2) is 48.6 Å². The average Bonchev–Trinajstić information content (AvgIpc) is 2.81. The van der Waals surface area contributed by atoms with Crippen LogP contribution in [-0.2, 0) is 14.4 Å². The predicted molar refractivity (Wildman–Crippen MR) is 122 cm³/mol. The lowest BCUT2D eigenvalue weighted by molar-refractivity contribution is -0.131. The number of carboxylic acid groups (broad SMARTS) is 1. The highest BCUT2D eigenvalue weighted by atomic mass is 16.5. The molecule has 0 fully saturated rings. The van der Waals surface area contributed by atoms with Crippen LogP contribution in [0, 0.1) is 0 Å². The van der Waals surface area contributed by atoms with Crippen LogP contribution in [0.5, 0.6) is 23.0 Å². The van der Waals surface area contributed by atoms with Gasteiger partial charge in [-0.15, -0.1) is 0 Å². The number of hydrogen-bond donors (Lipinski definition) is 3. The van der Waals surface area contributed by atoms with Crippen LogP contribution in [0.25, 0.3) is 6.08 Å². The molecule has 174 valence electrons. The second-order valence-corrected chi connectivity index (χ2v) is 6.34. The molecule has 10 heteroatoms. The average molecular weight is 456 g/mol. The Balaban J connectivity index is 2.21. The molecule has 0 saturated carbocycles. The highest BCUT2D eigenvalue weighted by Gasteiger charge is 2.12. The summed E-state index contributed by atoms with van der Waals surface area (Å²) in [5, 5.41) is 13.8. The van der Waals surface area contributed by atoms with Crippen molar-refractivity contribution in [3.63, 3.8) is 0 Å². The van der Waals surface area contributed by atoms with Gasteiger partial charge in [-0.2, -0.15) is 0 Å². The predicted octanol–water partition coefficient (Wildman–Crippen LogP) is 2.95. The minimum Gasteiger partial charge on any atom is -0.496 e. The molecule has 0 atom stereocenters. The van der Waals surface area contributed by atoms with Crippen LogP contribution in [0.4, 0.5) is 11.4 Å². The molecule has 33 heavy (non-hydrogen) atoms. The number of nitrogens with one attached hydrogen (secondary N) is 2. The molecule has 2 aromatic carbocycles. The summed E-state index contributed by atoms with van der Waals surface area (Å²) < 4.78 is 21.1. The second kappa shape index (κ2) is 11.8. The Morgan fingerprint density at radius 3 is 1.91 bits per heavy atom. The maximum absolute atomic E-state index is 12.5. The molecule has 0 spiro atoms. The summed E-state index contributed by atoms with van der Waals surface area (Å²) in [7, 11) is 5.91. The molecule has 0 bridgehead atoms. The highest BCUT2D eigenvalue weighted by molar-refractivity contribution is 6.05. The van der Waals surface area contributed by atoms with Crippen molar-refractivity contribution in [1.82, 2.24) is 0 Å². The molecule has 2 rings (SSSR count). The second-order valence-electron chi connectivity index (χ2n) is 6.34. The van der Waals surface area contributed by atoms with Crippen LogP contribution < -0.4 is 29.6 Å². The number of carboxylic acids is 1. The number of ether oxygens (including phenoxy) is 4. The largest absolute Gasteiger partial charge is 0.496 e. The summed E-state index contributed by atoms with van der Waals surface area (Å²) in [6, 6.07) is 7.94. The third-order valence-electron chi connectivity index (χ3n) is 4.26. The monoisotopic (exact) mass is 456 g/mol. The van der Waals surface area contributed by atoms with E-state index in [-0.39, 0.29) is 5.69 Å². The third-order valence-corrected chi connectivity index (χ3v) is 4.26. The van der Waals surface area contributed by atoms with Crippen molar-refractivity contribution in [2.24, 2.45) is 0 Å². The normalized spacial score (nSPS) is 10.7. The van der Waals surface area contributed by atoms with Crippen molar-refractivity contribution in [2.75, 3.05) is 39.1 Å². The van der Waals surface area contributed by atoms with E-state index in [1.54, 1.807) is 24.3 Å². The molecule has 0 radical (unpaired) electrons. The van der Waals surface area contributed by atoms with Gasteiger partial charge in [-0.1, -0.05) is 0 Å². The van der Waals surface area contributed by atoms with E-state index in [9.17, 15) is 14.4 Å². The van der Waals surface area contributed by atoms with E-state index in [4.69, 9.17) is 24.1 Å². The van der Waals surface area contributed by atoms with Crippen molar-refractivity contribution in [1.29, 1.82) is 0 Å².